The van der Waals surface area contributed by atoms with Crippen LogP contribution in [0.5, 0.6) is 0 Å². The largest absolute Gasteiger partial charge is 0.476 e. The molecular formula is C14H21F3O4S. The van der Waals surface area contributed by atoms with E-state index in [0.717, 1.165) is 24.2 Å². The second-order valence-corrected chi connectivity index (χ2v) is 7.66. The lowest BCUT2D eigenvalue weighted by molar-refractivity contribution is -0.147. The van der Waals surface area contributed by atoms with Crippen molar-refractivity contribution in [3.63, 3.8) is 0 Å². The summed E-state index contributed by atoms with van der Waals surface area (Å²) in [4.78, 5) is 10.8. The van der Waals surface area contributed by atoms with Gasteiger partial charge >= 0.3 is 16.6 Å². The molecular weight excluding hydrogens is 321 g/mol. The Morgan fingerprint density at radius 3 is 1.82 bits per heavy atom. The number of alkyl halides is 1. The molecule has 22 heavy (non-hydrogen) atoms. The molecule has 0 heterocycles. The molecule has 0 atom stereocenters. The minimum Gasteiger partial charge on any atom is -0.464 e. The van der Waals surface area contributed by atoms with Crippen LogP contribution in [-0.4, -0.2) is 27.7 Å². The maximum absolute atomic E-state index is 12.0. The monoisotopic (exact) mass is 342 g/mol. The average molecular weight is 342 g/mol. The van der Waals surface area contributed by atoms with Gasteiger partial charge in [0.15, 0.2) is 6.67 Å². The van der Waals surface area contributed by atoms with Gasteiger partial charge in [0.25, 0.3) is 0 Å². The van der Waals surface area contributed by atoms with Gasteiger partial charge in [-0.1, -0.05) is 7.77 Å². The topological polar surface area (TPSA) is 60.4 Å². The zero-order valence-electron chi connectivity index (χ0n) is 12.3. The smallest absolute Gasteiger partial charge is 0.464 e. The van der Waals surface area contributed by atoms with Crippen molar-refractivity contribution in [1.29, 1.82) is 0 Å². The van der Waals surface area contributed by atoms with Crippen LogP contribution in [0.4, 0.5) is 12.2 Å². The van der Waals surface area contributed by atoms with Gasteiger partial charge in [-0.25, -0.2) is 9.18 Å². The van der Waals surface area contributed by atoms with E-state index in [-0.39, 0.29) is 0 Å². The Morgan fingerprint density at radius 2 is 1.45 bits per heavy atom. The number of ether oxygens (including phenoxy) is 1. The minimum atomic E-state index is -5.67. The molecule has 4 fully saturated rings. The zero-order valence-corrected chi connectivity index (χ0v) is 13.1. The zero-order chi connectivity index (χ0) is 16.4. The van der Waals surface area contributed by atoms with E-state index in [1.165, 1.54) is 38.5 Å². The van der Waals surface area contributed by atoms with Crippen molar-refractivity contribution >= 4 is 16.6 Å². The standard InChI is InChI=1S/C14H21FO2.F2O2S/c15-9-13(16)17-2-1-14-6-10-3-11(7-14)5-12(4-10)8-14;1-5(2,3)4/h10-12H,1-9H2;. The molecule has 0 spiro atoms. The van der Waals surface area contributed by atoms with Crippen molar-refractivity contribution in [2.45, 2.75) is 44.9 Å². The summed E-state index contributed by atoms with van der Waals surface area (Å²) >= 11 is 0. The number of rotatable bonds is 4. The Labute approximate surface area is 128 Å². The van der Waals surface area contributed by atoms with Gasteiger partial charge in [-0.2, -0.15) is 8.42 Å². The van der Waals surface area contributed by atoms with E-state index in [2.05, 4.69) is 0 Å². The lowest BCUT2D eigenvalue weighted by Gasteiger charge is -2.57. The quantitative estimate of drug-likeness (QED) is 0.581. The number of hydrogen-bond acceptors (Lipinski definition) is 4. The van der Waals surface area contributed by atoms with Crippen molar-refractivity contribution in [2.75, 3.05) is 13.3 Å². The van der Waals surface area contributed by atoms with E-state index in [4.69, 9.17) is 13.2 Å². The van der Waals surface area contributed by atoms with Crippen LogP contribution in [0.1, 0.15) is 44.9 Å². The summed E-state index contributed by atoms with van der Waals surface area (Å²) in [6.07, 6.45) is 9.24. The highest BCUT2D eigenvalue weighted by molar-refractivity contribution is 7.81. The molecule has 4 saturated carbocycles. The Balaban J connectivity index is 0.000000309. The summed E-state index contributed by atoms with van der Waals surface area (Å²) in [5.74, 6) is 2.09. The van der Waals surface area contributed by atoms with Gasteiger partial charge < -0.3 is 4.74 Å². The van der Waals surface area contributed by atoms with Gasteiger partial charge in [-0.3, -0.25) is 0 Å². The first-order valence-electron chi connectivity index (χ1n) is 7.55. The molecule has 4 aliphatic carbocycles. The maximum atomic E-state index is 12.0. The van der Waals surface area contributed by atoms with Crippen LogP contribution < -0.4 is 0 Å². The molecule has 0 N–H and O–H groups in total. The van der Waals surface area contributed by atoms with Crippen molar-refractivity contribution in [2.24, 2.45) is 23.2 Å². The van der Waals surface area contributed by atoms with Crippen LogP contribution in [0.15, 0.2) is 0 Å². The number of esters is 1. The van der Waals surface area contributed by atoms with E-state index in [0.29, 0.717) is 12.0 Å². The molecule has 0 unspecified atom stereocenters. The molecule has 0 amide bonds. The second kappa shape index (κ2) is 6.76. The summed E-state index contributed by atoms with van der Waals surface area (Å²) in [6.45, 7) is -0.560. The predicted octanol–water partition coefficient (Wildman–Crippen LogP) is 3.28. The Kier molecular flexibility index (Phi) is 5.40. The van der Waals surface area contributed by atoms with Crippen LogP contribution >= 0.6 is 0 Å². The maximum Gasteiger partial charge on any atom is 0.476 e. The molecule has 0 aliphatic heterocycles. The third kappa shape index (κ3) is 5.14. The predicted molar refractivity (Wildman–Crippen MR) is 73.3 cm³/mol. The highest BCUT2D eigenvalue weighted by Gasteiger charge is 2.50. The van der Waals surface area contributed by atoms with E-state index >= 15 is 0 Å². The van der Waals surface area contributed by atoms with Gasteiger partial charge in [0.2, 0.25) is 0 Å². The van der Waals surface area contributed by atoms with E-state index in [1.54, 1.807) is 0 Å². The number of carbonyl (C=O) groups excluding carboxylic acids is 1. The number of halogens is 3. The summed E-state index contributed by atoms with van der Waals surface area (Å²) in [5, 5.41) is 0. The minimum absolute atomic E-state index is 0.426. The highest BCUT2D eigenvalue weighted by Crippen LogP contribution is 2.61. The molecule has 0 aromatic carbocycles. The fraction of sp³-hybridized carbons (Fsp3) is 0.929. The molecule has 4 bridgehead atoms. The van der Waals surface area contributed by atoms with Crippen LogP contribution in [0.2, 0.25) is 0 Å². The van der Waals surface area contributed by atoms with Gasteiger partial charge in [0, 0.05) is 0 Å². The summed E-state index contributed by atoms with van der Waals surface area (Å²) < 4.78 is 53.5. The third-order valence-electron chi connectivity index (χ3n) is 5.17. The van der Waals surface area contributed by atoms with Crippen molar-refractivity contribution < 1.29 is 30.1 Å². The molecule has 4 nitrogen and oxygen atoms in total. The molecule has 0 radical (unpaired) electrons. The van der Waals surface area contributed by atoms with Crippen molar-refractivity contribution in [1.82, 2.24) is 0 Å². The average Bonchev–Trinajstić information content (AvgIpc) is 2.34. The molecule has 128 valence electrons. The van der Waals surface area contributed by atoms with Crippen LogP contribution in [0.3, 0.4) is 0 Å². The normalized spacial score (nSPS) is 35.7. The van der Waals surface area contributed by atoms with Gasteiger partial charge in [0.1, 0.15) is 0 Å². The number of carbonyl (C=O) groups is 1. The number of hydrogen-bond donors (Lipinski definition) is 0. The molecule has 0 saturated heterocycles. The Hall–Kier alpha value is -0.790. The van der Waals surface area contributed by atoms with Crippen molar-refractivity contribution in [3.05, 3.63) is 0 Å². The van der Waals surface area contributed by atoms with Crippen molar-refractivity contribution in [3.8, 4) is 0 Å². The van der Waals surface area contributed by atoms with E-state index in [9.17, 15) is 17.0 Å². The van der Waals surface area contributed by atoms with Crippen LogP contribution in [0, 0.1) is 23.2 Å². The molecule has 0 aromatic rings. The summed E-state index contributed by atoms with van der Waals surface area (Å²) in [6, 6.07) is 0. The second-order valence-electron chi connectivity index (χ2n) is 6.90. The van der Waals surface area contributed by atoms with Gasteiger partial charge in [-0.15, -0.1) is 0 Å². The van der Waals surface area contributed by atoms with Crippen LogP contribution in [-0.2, 0) is 20.1 Å². The third-order valence-corrected chi connectivity index (χ3v) is 5.17. The fourth-order valence-corrected chi connectivity index (χ4v) is 5.02. The lowest BCUT2D eigenvalue weighted by Crippen LogP contribution is -2.46. The Morgan fingerprint density at radius 1 is 1.05 bits per heavy atom. The van der Waals surface area contributed by atoms with Gasteiger partial charge in [-0.05, 0) is 68.1 Å². The molecule has 8 heteroatoms. The molecule has 4 rings (SSSR count). The van der Waals surface area contributed by atoms with Gasteiger partial charge in [0.05, 0.1) is 6.61 Å². The van der Waals surface area contributed by atoms with E-state index in [1.807, 2.05) is 0 Å². The fourth-order valence-electron chi connectivity index (χ4n) is 5.02. The summed E-state index contributed by atoms with van der Waals surface area (Å²) in [7, 11) is -5.67. The SMILES string of the molecule is O=C(CF)OCCC12CC3CC(CC(C3)C1)C2.O=S(=O)(F)F. The molecule has 0 aromatic heterocycles. The molecule has 4 aliphatic rings. The first-order valence-corrected chi connectivity index (χ1v) is 8.83. The Bertz CT molecular complexity index is 463. The lowest BCUT2D eigenvalue weighted by atomic mass is 9.49. The summed E-state index contributed by atoms with van der Waals surface area (Å²) in [5.41, 5.74) is 0.436. The van der Waals surface area contributed by atoms with Crippen LogP contribution in [0.25, 0.3) is 0 Å². The first-order chi connectivity index (χ1) is 10.2. The van der Waals surface area contributed by atoms with E-state index < -0.39 is 23.3 Å². The highest BCUT2D eigenvalue weighted by atomic mass is 32.3. The first kappa shape index (κ1) is 17.6.